The van der Waals surface area contributed by atoms with E-state index in [9.17, 15) is 9.90 Å². The van der Waals surface area contributed by atoms with Crippen LogP contribution in [0.4, 0.5) is 0 Å². The molecule has 4 nitrogen and oxygen atoms in total. The second-order valence-corrected chi connectivity index (χ2v) is 4.06. The van der Waals surface area contributed by atoms with E-state index in [1.54, 1.807) is 35.7 Å². The summed E-state index contributed by atoms with van der Waals surface area (Å²) in [5, 5.41) is 9.76. The van der Waals surface area contributed by atoms with Crippen LogP contribution in [0.2, 0.25) is 0 Å². The number of aromatic hydroxyl groups is 1. The molecule has 5 heteroatoms. The number of esters is 1. The molecule has 2 aromatic heterocycles. The quantitative estimate of drug-likeness (QED) is 0.862. The van der Waals surface area contributed by atoms with Gasteiger partial charge in [0.1, 0.15) is 5.69 Å². The highest BCUT2D eigenvalue weighted by atomic mass is 79.9. The van der Waals surface area contributed by atoms with Crippen LogP contribution in [-0.4, -0.2) is 22.1 Å². The Morgan fingerprint density at radius 2 is 2.38 bits per heavy atom. The van der Waals surface area contributed by atoms with Gasteiger partial charge in [-0.1, -0.05) is 0 Å². The molecule has 0 radical (unpaired) electrons. The Morgan fingerprint density at radius 1 is 1.62 bits per heavy atom. The summed E-state index contributed by atoms with van der Waals surface area (Å²) in [6, 6.07) is 5.02. The number of carbonyl (C=O) groups excluding carboxylic acids is 1. The first-order chi connectivity index (χ1) is 7.65. The van der Waals surface area contributed by atoms with Gasteiger partial charge in [-0.25, -0.2) is 4.79 Å². The van der Waals surface area contributed by atoms with E-state index in [0.717, 1.165) is 0 Å². The molecule has 0 spiro atoms. The summed E-state index contributed by atoms with van der Waals surface area (Å²) in [7, 11) is 0. The minimum absolute atomic E-state index is 0.109. The fraction of sp³-hybridized carbons (Fsp3) is 0.182. The SMILES string of the molecule is CCOC(=O)c1cc(Br)c(O)c2cccn12. The standard InChI is InChI=1S/C11H10BrNO3/c1-2-16-11(15)9-6-7(12)10(14)8-4-3-5-13(8)9/h3-6,14H,2H2,1H3. The normalized spacial score (nSPS) is 10.6. The molecule has 0 atom stereocenters. The van der Waals surface area contributed by atoms with Crippen LogP contribution in [0, 0.1) is 0 Å². The molecule has 0 saturated heterocycles. The van der Waals surface area contributed by atoms with E-state index >= 15 is 0 Å². The summed E-state index contributed by atoms with van der Waals surface area (Å²) in [4.78, 5) is 11.7. The van der Waals surface area contributed by atoms with Crippen molar-refractivity contribution in [3.63, 3.8) is 0 Å². The summed E-state index contributed by atoms with van der Waals surface area (Å²) in [6.45, 7) is 2.07. The number of fused-ring (bicyclic) bond motifs is 1. The highest BCUT2D eigenvalue weighted by Gasteiger charge is 2.15. The molecule has 0 bridgehead atoms. The molecule has 2 rings (SSSR count). The molecule has 84 valence electrons. The monoisotopic (exact) mass is 283 g/mol. The second-order valence-electron chi connectivity index (χ2n) is 3.21. The first-order valence-corrected chi connectivity index (χ1v) is 5.60. The number of carbonyl (C=O) groups is 1. The average molecular weight is 284 g/mol. The molecule has 16 heavy (non-hydrogen) atoms. The lowest BCUT2D eigenvalue weighted by atomic mass is 10.3. The lowest BCUT2D eigenvalue weighted by molar-refractivity contribution is 0.0517. The van der Waals surface area contributed by atoms with Crippen molar-refractivity contribution in [1.29, 1.82) is 0 Å². The van der Waals surface area contributed by atoms with E-state index in [4.69, 9.17) is 4.74 Å². The maximum atomic E-state index is 11.7. The Balaban J connectivity index is 2.65. The Morgan fingerprint density at radius 3 is 3.06 bits per heavy atom. The molecule has 1 N–H and O–H groups in total. The number of hydrogen-bond donors (Lipinski definition) is 1. The summed E-state index contributed by atoms with van der Waals surface area (Å²) >= 11 is 3.20. The van der Waals surface area contributed by atoms with E-state index in [0.29, 0.717) is 22.3 Å². The van der Waals surface area contributed by atoms with Crippen molar-refractivity contribution < 1.29 is 14.6 Å². The first kappa shape index (κ1) is 11.0. The van der Waals surface area contributed by atoms with Crippen LogP contribution in [0.25, 0.3) is 5.52 Å². The Bertz CT molecular complexity index is 547. The van der Waals surface area contributed by atoms with Crippen molar-refractivity contribution in [2.24, 2.45) is 0 Å². The van der Waals surface area contributed by atoms with Crippen LogP contribution in [0.5, 0.6) is 5.75 Å². The van der Waals surface area contributed by atoms with Crippen molar-refractivity contribution in [1.82, 2.24) is 4.40 Å². The van der Waals surface area contributed by atoms with E-state index in [-0.39, 0.29) is 5.75 Å². The van der Waals surface area contributed by atoms with Crippen LogP contribution in [0.15, 0.2) is 28.9 Å². The maximum absolute atomic E-state index is 11.7. The minimum Gasteiger partial charge on any atom is -0.505 e. The van der Waals surface area contributed by atoms with Crippen molar-refractivity contribution in [3.05, 3.63) is 34.6 Å². The van der Waals surface area contributed by atoms with Crippen LogP contribution < -0.4 is 0 Å². The molecule has 0 unspecified atom stereocenters. The number of nitrogens with zero attached hydrogens (tertiary/aromatic N) is 1. The summed E-state index contributed by atoms with van der Waals surface area (Å²) in [5.41, 5.74) is 0.948. The van der Waals surface area contributed by atoms with Crippen LogP contribution in [0.3, 0.4) is 0 Å². The highest BCUT2D eigenvalue weighted by molar-refractivity contribution is 9.10. The van der Waals surface area contributed by atoms with E-state index in [1.165, 1.54) is 0 Å². The maximum Gasteiger partial charge on any atom is 0.355 e. The van der Waals surface area contributed by atoms with Gasteiger partial charge in [0.25, 0.3) is 0 Å². The van der Waals surface area contributed by atoms with Crippen molar-refractivity contribution in [2.45, 2.75) is 6.92 Å². The molecular formula is C11H10BrNO3. The molecule has 0 fully saturated rings. The zero-order chi connectivity index (χ0) is 11.7. The van der Waals surface area contributed by atoms with Gasteiger partial charge >= 0.3 is 5.97 Å². The summed E-state index contributed by atoms with van der Waals surface area (Å²) < 4.78 is 7.01. The molecule has 0 aliphatic heterocycles. The van der Waals surface area contributed by atoms with E-state index < -0.39 is 5.97 Å². The van der Waals surface area contributed by atoms with Gasteiger partial charge in [0.05, 0.1) is 16.6 Å². The molecular weight excluding hydrogens is 274 g/mol. The molecule has 2 heterocycles. The fourth-order valence-corrected chi connectivity index (χ4v) is 1.95. The van der Waals surface area contributed by atoms with E-state index in [2.05, 4.69) is 15.9 Å². The zero-order valence-electron chi connectivity index (χ0n) is 8.61. The second kappa shape index (κ2) is 4.17. The smallest absolute Gasteiger partial charge is 0.355 e. The third-order valence-electron chi connectivity index (χ3n) is 2.23. The van der Waals surface area contributed by atoms with Gasteiger partial charge in [-0.2, -0.15) is 0 Å². The molecule has 0 aliphatic rings. The third-order valence-corrected chi connectivity index (χ3v) is 2.83. The minimum atomic E-state index is -0.413. The van der Waals surface area contributed by atoms with Crippen LogP contribution in [0.1, 0.15) is 17.4 Å². The molecule has 0 amide bonds. The first-order valence-electron chi connectivity index (χ1n) is 4.80. The molecule has 0 aromatic carbocycles. The van der Waals surface area contributed by atoms with Gasteiger partial charge in [-0.05, 0) is 41.1 Å². The average Bonchev–Trinajstić information content (AvgIpc) is 2.72. The predicted molar refractivity (Wildman–Crippen MR) is 62.7 cm³/mol. The Kier molecular flexibility index (Phi) is 2.87. The van der Waals surface area contributed by atoms with Gasteiger partial charge in [0, 0.05) is 6.20 Å². The Labute approximate surface area is 101 Å². The van der Waals surface area contributed by atoms with Crippen molar-refractivity contribution in [3.8, 4) is 5.75 Å². The lowest BCUT2D eigenvalue weighted by Gasteiger charge is -2.08. The predicted octanol–water partition coefficient (Wildman–Crippen LogP) is 2.58. The summed E-state index contributed by atoms with van der Waals surface area (Å²) in [5.74, 6) is -0.303. The number of hydrogen-bond acceptors (Lipinski definition) is 3. The third kappa shape index (κ3) is 1.67. The Hall–Kier alpha value is -1.49. The van der Waals surface area contributed by atoms with E-state index in [1.807, 2.05) is 0 Å². The largest absolute Gasteiger partial charge is 0.505 e. The van der Waals surface area contributed by atoms with Gasteiger partial charge in [0.15, 0.2) is 5.75 Å². The van der Waals surface area contributed by atoms with Crippen molar-refractivity contribution in [2.75, 3.05) is 6.61 Å². The fourth-order valence-electron chi connectivity index (χ4n) is 1.53. The molecule has 0 saturated carbocycles. The number of pyridine rings is 1. The van der Waals surface area contributed by atoms with Crippen LogP contribution >= 0.6 is 15.9 Å². The lowest BCUT2D eigenvalue weighted by Crippen LogP contribution is -2.09. The zero-order valence-corrected chi connectivity index (χ0v) is 10.2. The molecule has 0 aliphatic carbocycles. The number of halogens is 1. The van der Waals surface area contributed by atoms with Gasteiger partial charge in [-0.3, -0.25) is 0 Å². The van der Waals surface area contributed by atoms with Crippen molar-refractivity contribution >= 4 is 27.4 Å². The summed E-state index contributed by atoms with van der Waals surface area (Å²) in [6.07, 6.45) is 1.70. The van der Waals surface area contributed by atoms with Gasteiger partial charge in [-0.15, -0.1) is 0 Å². The number of aromatic nitrogens is 1. The van der Waals surface area contributed by atoms with Gasteiger partial charge in [0.2, 0.25) is 0 Å². The van der Waals surface area contributed by atoms with Gasteiger partial charge < -0.3 is 14.2 Å². The van der Waals surface area contributed by atoms with Crippen LogP contribution in [-0.2, 0) is 4.74 Å². The number of rotatable bonds is 2. The number of ether oxygens (including phenoxy) is 1. The molecule has 2 aromatic rings. The highest BCUT2D eigenvalue weighted by Crippen LogP contribution is 2.30. The topological polar surface area (TPSA) is 50.9 Å².